The second kappa shape index (κ2) is 5.36. The number of nitrogens with zero attached hydrogens (tertiary/aromatic N) is 2. The summed E-state index contributed by atoms with van der Waals surface area (Å²) in [4.78, 5) is 19.8. The zero-order valence-electron chi connectivity index (χ0n) is 11.0. The van der Waals surface area contributed by atoms with E-state index in [1.54, 1.807) is 23.5 Å². The van der Waals surface area contributed by atoms with E-state index in [0.717, 1.165) is 16.4 Å². The van der Waals surface area contributed by atoms with Gasteiger partial charge in [0, 0.05) is 16.8 Å². The zero-order chi connectivity index (χ0) is 14.0. The van der Waals surface area contributed by atoms with Gasteiger partial charge in [0.25, 0.3) is 0 Å². The van der Waals surface area contributed by atoms with Gasteiger partial charge >= 0.3 is 5.97 Å². The Labute approximate surface area is 115 Å². The van der Waals surface area contributed by atoms with Gasteiger partial charge in [-0.05, 0) is 32.9 Å². The molecule has 2 N–H and O–H groups in total. The average molecular weight is 277 g/mol. The molecule has 1 atom stereocenters. The molecular formula is C13H15N3O2S. The van der Waals surface area contributed by atoms with E-state index in [1.807, 2.05) is 26.2 Å². The summed E-state index contributed by atoms with van der Waals surface area (Å²) in [6.07, 6.45) is 0. The smallest absolute Gasteiger partial charge is 0.339 e. The van der Waals surface area contributed by atoms with E-state index in [0.29, 0.717) is 5.82 Å². The minimum Gasteiger partial charge on any atom is -0.478 e. The number of anilines is 1. The van der Waals surface area contributed by atoms with Crippen molar-refractivity contribution in [2.45, 2.75) is 26.8 Å². The van der Waals surface area contributed by atoms with Gasteiger partial charge in [-0.3, -0.25) is 0 Å². The summed E-state index contributed by atoms with van der Waals surface area (Å²) in [5.74, 6) is -0.606. The first-order valence-corrected chi connectivity index (χ1v) is 6.75. The Kier molecular flexibility index (Phi) is 3.80. The molecule has 1 unspecified atom stereocenters. The van der Waals surface area contributed by atoms with Crippen molar-refractivity contribution in [1.29, 1.82) is 0 Å². The van der Waals surface area contributed by atoms with Crippen molar-refractivity contribution < 1.29 is 9.90 Å². The molecule has 2 aromatic rings. The second-order valence-corrected chi connectivity index (χ2v) is 5.24. The lowest BCUT2D eigenvalue weighted by atomic mass is 10.2. The van der Waals surface area contributed by atoms with Gasteiger partial charge in [-0.1, -0.05) is 0 Å². The fourth-order valence-corrected chi connectivity index (χ4v) is 2.48. The number of rotatable bonds is 4. The number of pyridine rings is 1. The summed E-state index contributed by atoms with van der Waals surface area (Å²) in [6.45, 7) is 5.70. The molecule has 0 aliphatic rings. The van der Waals surface area contributed by atoms with E-state index in [9.17, 15) is 4.79 Å². The number of thiazole rings is 1. The Morgan fingerprint density at radius 2 is 2.05 bits per heavy atom. The number of aromatic nitrogens is 2. The maximum absolute atomic E-state index is 11.2. The summed E-state index contributed by atoms with van der Waals surface area (Å²) < 4.78 is 0. The number of hydrogen-bond acceptors (Lipinski definition) is 5. The fourth-order valence-electron chi connectivity index (χ4n) is 1.68. The molecule has 0 saturated heterocycles. The molecule has 2 aromatic heterocycles. The van der Waals surface area contributed by atoms with Crippen LogP contribution in [0.5, 0.6) is 0 Å². The Morgan fingerprint density at radius 3 is 2.63 bits per heavy atom. The van der Waals surface area contributed by atoms with Crippen LogP contribution >= 0.6 is 11.3 Å². The van der Waals surface area contributed by atoms with Crippen LogP contribution in [-0.2, 0) is 0 Å². The molecule has 19 heavy (non-hydrogen) atoms. The molecule has 5 nitrogen and oxygen atoms in total. The lowest BCUT2D eigenvalue weighted by Crippen LogP contribution is -2.12. The molecule has 0 fully saturated rings. The van der Waals surface area contributed by atoms with Gasteiger partial charge in [0.15, 0.2) is 0 Å². The van der Waals surface area contributed by atoms with Crippen LogP contribution in [0.15, 0.2) is 17.5 Å². The van der Waals surface area contributed by atoms with Gasteiger partial charge in [0.2, 0.25) is 0 Å². The molecule has 2 heterocycles. The molecule has 0 aliphatic carbocycles. The highest BCUT2D eigenvalue weighted by atomic mass is 32.1. The summed E-state index contributed by atoms with van der Waals surface area (Å²) in [7, 11) is 0. The molecule has 0 bridgehead atoms. The first-order chi connectivity index (χ1) is 8.97. The number of nitrogens with one attached hydrogen (secondary N) is 1. The number of carbonyl (C=O) groups is 1. The molecular weight excluding hydrogens is 262 g/mol. The number of aryl methyl sites for hydroxylation is 2. The van der Waals surface area contributed by atoms with Crippen LogP contribution in [-0.4, -0.2) is 21.0 Å². The largest absolute Gasteiger partial charge is 0.478 e. The third-order valence-corrected chi connectivity index (χ3v) is 3.77. The van der Waals surface area contributed by atoms with Gasteiger partial charge < -0.3 is 10.4 Å². The van der Waals surface area contributed by atoms with Gasteiger partial charge in [0.1, 0.15) is 16.4 Å². The van der Waals surface area contributed by atoms with Crippen molar-refractivity contribution in [3.8, 4) is 0 Å². The van der Waals surface area contributed by atoms with Gasteiger partial charge in [-0.15, -0.1) is 11.3 Å². The summed E-state index contributed by atoms with van der Waals surface area (Å²) in [5.41, 5.74) is 1.91. The highest BCUT2D eigenvalue weighted by Crippen LogP contribution is 2.23. The predicted molar refractivity (Wildman–Crippen MR) is 74.8 cm³/mol. The van der Waals surface area contributed by atoms with Crippen molar-refractivity contribution in [2.75, 3.05) is 5.32 Å². The molecule has 2 rings (SSSR count). The third kappa shape index (κ3) is 3.08. The van der Waals surface area contributed by atoms with Crippen molar-refractivity contribution in [3.63, 3.8) is 0 Å². The minimum absolute atomic E-state index is 0.0777. The Hall–Kier alpha value is -1.95. The zero-order valence-corrected chi connectivity index (χ0v) is 11.8. The maximum Gasteiger partial charge on any atom is 0.339 e. The van der Waals surface area contributed by atoms with E-state index < -0.39 is 5.97 Å². The van der Waals surface area contributed by atoms with Crippen LogP contribution in [0, 0.1) is 13.8 Å². The summed E-state index contributed by atoms with van der Waals surface area (Å²) >= 11 is 1.55. The van der Waals surface area contributed by atoms with E-state index in [4.69, 9.17) is 5.11 Å². The predicted octanol–water partition coefficient (Wildman–Crippen LogP) is 3.03. The SMILES string of the molecule is Cc1csc(C(C)Nc2nc(C)ccc2C(=O)O)n1. The van der Waals surface area contributed by atoms with Gasteiger partial charge in [-0.2, -0.15) is 0 Å². The molecule has 0 aliphatic heterocycles. The van der Waals surface area contributed by atoms with Crippen molar-refractivity contribution in [3.05, 3.63) is 39.5 Å². The molecule has 100 valence electrons. The third-order valence-electron chi connectivity index (χ3n) is 2.63. The molecule has 0 amide bonds. The average Bonchev–Trinajstić information content (AvgIpc) is 2.75. The molecule has 0 saturated carbocycles. The van der Waals surface area contributed by atoms with Crippen LogP contribution in [0.1, 0.15) is 39.7 Å². The quantitative estimate of drug-likeness (QED) is 0.898. The van der Waals surface area contributed by atoms with E-state index in [-0.39, 0.29) is 11.6 Å². The molecule has 6 heteroatoms. The lowest BCUT2D eigenvalue weighted by Gasteiger charge is -2.14. The second-order valence-electron chi connectivity index (χ2n) is 4.35. The van der Waals surface area contributed by atoms with Crippen LogP contribution in [0.4, 0.5) is 5.82 Å². The summed E-state index contributed by atoms with van der Waals surface area (Å²) in [5, 5.41) is 15.2. The van der Waals surface area contributed by atoms with Crippen molar-refractivity contribution >= 4 is 23.1 Å². The fraction of sp³-hybridized carbons (Fsp3) is 0.308. The summed E-state index contributed by atoms with van der Waals surface area (Å²) in [6, 6.07) is 3.17. The number of aromatic carboxylic acids is 1. The maximum atomic E-state index is 11.2. The topological polar surface area (TPSA) is 75.1 Å². The monoisotopic (exact) mass is 277 g/mol. The van der Waals surface area contributed by atoms with Crippen LogP contribution in [0.25, 0.3) is 0 Å². The van der Waals surface area contributed by atoms with Gasteiger partial charge in [-0.25, -0.2) is 14.8 Å². The van der Waals surface area contributed by atoms with Crippen LogP contribution in [0.3, 0.4) is 0 Å². The highest BCUT2D eigenvalue weighted by molar-refractivity contribution is 7.09. The van der Waals surface area contributed by atoms with E-state index >= 15 is 0 Å². The van der Waals surface area contributed by atoms with Crippen LogP contribution in [0.2, 0.25) is 0 Å². The van der Waals surface area contributed by atoms with Gasteiger partial charge in [0.05, 0.1) is 6.04 Å². The standard InChI is InChI=1S/C13H15N3O2S/c1-7-4-5-10(13(17)18)11(14-7)16-9(3)12-15-8(2)6-19-12/h4-6,9H,1-3H3,(H,14,16)(H,17,18). The number of hydrogen-bond donors (Lipinski definition) is 2. The first-order valence-electron chi connectivity index (χ1n) is 5.87. The van der Waals surface area contributed by atoms with E-state index in [1.165, 1.54) is 0 Å². The Bertz CT molecular complexity index is 610. The van der Waals surface area contributed by atoms with E-state index in [2.05, 4.69) is 15.3 Å². The number of carboxylic acid groups (broad SMARTS) is 1. The number of carboxylic acids is 1. The first kappa shape index (κ1) is 13.5. The molecule has 0 radical (unpaired) electrons. The highest BCUT2D eigenvalue weighted by Gasteiger charge is 2.16. The lowest BCUT2D eigenvalue weighted by molar-refractivity contribution is 0.0697. The van der Waals surface area contributed by atoms with Crippen molar-refractivity contribution in [1.82, 2.24) is 9.97 Å². The van der Waals surface area contributed by atoms with Crippen molar-refractivity contribution in [2.24, 2.45) is 0 Å². The Balaban J connectivity index is 2.27. The normalized spacial score (nSPS) is 12.2. The molecule has 0 aromatic carbocycles. The minimum atomic E-state index is -0.988. The molecule has 0 spiro atoms. The Morgan fingerprint density at radius 1 is 1.32 bits per heavy atom. The van der Waals surface area contributed by atoms with Crippen LogP contribution < -0.4 is 5.32 Å².